The van der Waals surface area contributed by atoms with Crippen LogP contribution in [0.1, 0.15) is 23.6 Å². The Morgan fingerprint density at radius 3 is 2.57 bits per heavy atom. The maximum atomic E-state index is 13.4. The molecule has 110 valence electrons. The van der Waals surface area contributed by atoms with Gasteiger partial charge in [0.15, 0.2) is 0 Å². The molecule has 2 aromatic carbocycles. The molecule has 0 fully saturated rings. The molecular weight excluding hydrogens is 274 g/mol. The average molecular weight is 290 g/mol. The third-order valence-electron chi connectivity index (χ3n) is 3.12. The fourth-order valence-corrected chi connectivity index (χ4v) is 1.96. The summed E-state index contributed by atoms with van der Waals surface area (Å²) in [6.07, 6.45) is 0.0843. The Balaban J connectivity index is 1.89. The summed E-state index contributed by atoms with van der Waals surface area (Å²) in [7, 11) is 0. The molecule has 0 saturated heterocycles. The van der Waals surface area contributed by atoms with Crippen LogP contribution in [0, 0.1) is 11.6 Å². The van der Waals surface area contributed by atoms with E-state index >= 15 is 0 Å². The van der Waals surface area contributed by atoms with Crippen molar-refractivity contribution in [2.45, 2.75) is 19.0 Å². The number of hydrogen-bond donors (Lipinski definition) is 2. The molecule has 0 radical (unpaired) electrons. The van der Waals surface area contributed by atoms with Gasteiger partial charge in [-0.3, -0.25) is 4.79 Å². The van der Waals surface area contributed by atoms with Gasteiger partial charge in [-0.2, -0.15) is 0 Å². The van der Waals surface area contributed by atoms with Gasteiger partial charge in [-0.15, -0.1) is 0 Å². The zero-order valence-corrected chi connectivity index (χ0v) is 11.4. The fraction of sp³-hybridized carbons (Fsp3) is 0.188. The molecule has 2 aromatic rings. The normalized spacial score (nSPS) is 12.0. The molecule has 5 heteroatoms. The first-order chi connectivity index (χ1) is 10.1. The third-order valence-corrected chi connectivity index (χ3v) is 3.12. The van der Waals surface area contributed by atoms with Crippen LogP contribution in [0.4, 0.5) is 8.78 Å². The summed E-state index contributed by atoms with van der Waals surface area (Å²) in [5.41, 5.74) is 6.88. The summed E-state index contributed by atoms with van der Waals surface area (Å²) in [6.45, 7) is -0.0655. The Kier molecular flexibility index (Phi) is 5.00. The standard InChI is InChI=1S/C16H16F2N2O/c17-13-6-7-14(18)12(8-13)10-20-16(21)9-15(19)11-4-2-1-3-5-11/h1-8,15H,9-10,19H2,(H,20,21). The molecule has 0 aliphatic heterocycles. The van der Waals surface area contributed by atoms with E-state index < -0.39 is 17.7 Å². The largest absolute Gasteiger partial charge is 0.352 e. The molecule has 0 aliphatic carbocycles. The maximum Gasteiger partial charge on any atom is 0.222 e. The van der Waals surface area contributed by atoms with Crippen LogP contribution in [-0.4, -0.2) is 5.91 Å². The highest BCUT2D eigenvalue weighted by atomic mass is 19.1. The second kappa shape index (κ2) is 6.95. The van der Waals surface area contributed by atoms with Gasteiger partial charge in [-0.25, -0.2) is 8.78 Å². The second-order valence-corrected chi connectivity index (χ2v) is 4.73. The van der Waals surface area contributed by atoms with E-state index in [4.69, 9.17) is 5.73 Å². The van der Waals surface area contributed by atoms with Crippen molar-refractivity contribution in [1.29, 1.82) is 0 Å². The van der Waals surface area contributed by atoms with Crippen LogP contribution in [0.25, 0.3) is 0 Å². The lowest BCUT2D eigenvalue weighted by Gasteiger charge is -2.12. The minimum absolute atomic E-state index is 0.0655. The van der Waals surface area contributed by atoms with Crippen molar-refractivity contribution < 1.29 is 13.6 Å². The molecule has 2 rings (SSSR count). The van der Waals surface area contributed by atoms with Gasteiger partial charge in [0.25, 0.3) is 0 Å². The molecule has 0 heterocycles. The second-order valence-electron chi connectivity index (χ2n) is 4.73. The van der Waals surface area contributed by atoms with E-state index in [-0.39, 0.29) is 24.4 Å². The summed E-state index contributed by atoms with van der Waals surface area (Å²) in [5.74, 6) is -1.40. The third kappa shape index (κ3) is 4.36. The van der Waals surface area contributed by atoms with Crippen molar-refractivity contribution in [3.05, 3.63) is 71.3 Å². The van der Waals surface area contributed by atoms with Gasteiger partial charge in [0.2, 0.25) is 5.91 Å². The SMILES string of the molecule is NC(CC(=O)NCc1cc(F)ccc1F)c1ccccc1. The smallest absolute Gasteiger partial charge is 0.222 e. The molecular formula is C16H16F2N2O. The van der Waals surface area contributed by atoms with Crippen LogP contribution < -0.4 is 11.1 Å². The fourth-order valence-electron chi connectivity index (χ4n) is 1.96. The van der Waals surface area contributed by atoms with Crippen molar-refractivity contribution in [1.82, 2.24) is 5.32 Å². The van der Waals surface area contributed by atoms with Crippen molar-refractivity contribution in [3.63, 3.8) is 0 Å². The summed E-state index contributed by atoms with van der Waals surface area (Å²) in [5, 5.41) is 2.54. The molecule has 0 saturated carbocycles. The molecule has 1 amide bonds. The van der Waals surface area contributed by atoms with Crippen molar-refractivity contribution in [2.75, 3.05) is 0 Å². The lowest BCUT2D eigenvalue weighted by atomic mass is 10.0. The quantitative estimate of drug-likeness (QED) is 0.889. The van der Waals surface area contributed by atoms with Gasteiger partial charge < -0.3 is 11.1 Å². The van der Waals surface area contributed by atoms with Gasteiger partial charge in [-0.1, -0.05) is 30.3 Å². The summed E-state index contributed by atoms with van der Waals surface area (Å²) in [6, 6.07) is 11.9. The van der Waals surface area contributed by atoms with E-state index in [0.717, 1.165) is 23.8 Å². The van der Waals surface area contributed by atoms with Crippen molar-refractivity contribution in [2.24, 2.45) is 5.73 Å². The van der Waals surface area contributed by atoms with E-state index in [0.29, 0.717) is 0 Å². The highest BCUT2D eigenvalue weighted by molar-refractivity contribution is 5.76. The minimum Gasteiger partial charge on any atom is -0.352 e. The molecule has 21 heavy (non-hydrogen) atoms. The van der Waals surface area contributed by atoms with Crippen LogP contribution >= 0.6 is 0 Å². The van der Waals surface area contributed by atoms with E-state index in [1.165, 1.54) is 0 Å². The number of nitrogens with two attached hydrogens (primary N) is 1. The molecule has 0 aliphatic rings. The number of rotatable bonds is 5. The van der Waals surface area contributed by atoms with E-state index in [1.54, 1.807) is 0 Å². The molecule has 0 bridgehead atoms. The molecule has 1 unspecified atom stereocenters. The predicted molar refractivity (Wildman–Crippen MR) is 76.2 cm³/mol. The first-order valence-electron chi connectivity index (χ1n) is 6.57. The van der Waals surface area contributed by atoms with Crippen LogP contribution in [-0.2, 0) is 11.3 Å². The average Bonchev–Trinajstić information content (AvgIpc) is 2.49. The molecule has 0 spiro atoms. The lowest BCUT2D eigenvalue weighted by Crippen LogP contribution is -2.27. The van der Waals surface area contributed by atoms with E-state index in [9.17, 15) is 13.6 Å². The summed E-state index contributed by atoms with van der Waals surface area (Å²) in [4.78, 5) is 11.8. The van der Waals surface area contributed by atoms with E-state index in [2.05, 4.69) is 5.32 Å². The molecule has 3 N–H and O–H groups in total. The van der Waals surface area contributed by atoms with E-state index in [1.807, 2.05) is 30.3 Å². The highest BCUT2D eigenvalue weighted by Crippen LogP contribution is 2.13. The Hall–Kier alpha value is -2.27. The number of halogens is 2. The van der Waals surface area contributed by atoms with Gasteiger partial charge >= 0.3 is 0 Å². The number of hydrogen-bond acceptors (Lipinski definition) is 2. The van der Waals surface area contributed by atoms with Gasteiger partial charge in [0, 0.05) is 24.6 Å². The Morgan fingerprint density at radius 1 is 1.14 bits per heavy atom. The monoisotopic (exact) mass is 290 g/mol. The van der Waals surface area contributed by atoms with Crippen LogP contribution in [0.3, 0.4) is 0 Å². The topological polar surface area (TPSA) is 55.1 Å². The number of nitrogens with one attached hydrogen (secondary N) is 1. The van der Waals surface area contributed by atoms with Crippen LogP contribution in [0.2, 0.25) is 0 Å². The number of carbonyl (C=O) groups excluding carboxylic acids is 1. The predicted octanol–water partition coefficient (Wildman–Crippen LogP) is 2.67. The van der Waals surface area contributed by atoms with Crippen molar-refractivity contribution in [3.8, 4) is 0 Å². The van der Waals surface area contributed by atoms with Gasteiger partial charge in [0.05, 0.1) is 0 Å². The molecule has 3 nitrogen and oxygen atoms in total. The van der Waals surface area contributed by atoms with Crippen LogP contribution in [0.15, 0.2) is 48.5 Å². The van der Waals surface area contributed by atoms with Gasteiger partial charge in [-0.05, 0) is 23.8 Å². The highest BCUT2D eigenvalue weighted by Gasteiger charge is 2.12. The Morgan fingerprint density at radius 2 is 1.86 bits per heavy atom. The van der Waals surface area contributed by atoms with Crippen LogP contribution in [0.5, 0.6) is 0 Å². The first-order valence-corrected chi connectivity index (χ1v) is 6.57. The van der Waals surface area contributed by atoms with Crippen molar-refractivity contribution >= 4 is 5.91 Å². The summed E-state index contributed by atoms with van der Waals surface area (Å²) >= 11 is 0. The number of amides is 1. The Labute approximate surface area is 121 Å². The number of benzene rings is 2. The zero-order valence-electron chi connectivity index (χ0n) is 11.4. The summed E-state index contributed by atoms with van der Waals surface area (Å²) < 4.78 is 26.4. The maximum absolute atomic E-state index is 13.4. The first kappa shape index (κ1) is 15.1. The number of carbonyl (C=O) groups is 1. The lowest BCUT2D eigenvalue weighted by molar-refractivity contribution is -0.121. The molecule has 0 aromatic heterocycles. The van der Waals surface area contributed by atoms with Gasteiger partial charge in [0.1, 0.15) is 11.6 Å². The molecule has 1 atom stereocenters. The minimum atomic E-state index is -0.552. The zero-order chi connectivity index (χ0) is 15.2. The Bertz CT molecular complexity index is 617.